The van der Waals surface area contributed by atoms with Crippen molar-refractivity contribution in [1.29, 1.82) is 0 Å². The summed E-state index contributed by atoms with van der Waals surface area (Å²) >= 11 is 0. The van der Waals surface area contributed by atoms with Crippen molar-refractivity contribution in [3.63, 3.8) is 0 Å². The van der Waals surface area contributed by atoms with Crippen LogP contribution in [0.3, 0.4) is 0 Å². The van der Waals surface area contributed by atoms with Gasteiger partial charge in [0.2, 0.25) is 0 Å². The number of hydrogen-bond donors (Lipinski definition) is 1. The van der Waals surface area contributed by atoms with Crippen LogP contribution in [0.1, 0.15) is 82.9 Å². The molecule has 2 atom stereocenters. The maximum absolute atomic E-state index is 3.83. The summed E-state index contributed by atoms with van der Waals surface area (Å²) in [6.07, 6.45) is 10.9. The Bertz CT molecular complexity index is 389. The topological polar surface area (TPSA) is 12.0 Å². The molecule has 1 heteroatoms. The number of benzene rings is 1. The van der Waals surface area contributed by atoms with E-state index in [-0.39, 0.29) is 0 Å². The van der Waals surface area contributed by atoms with Crippen LogP contribution in [0.5, 0.6) is 0 Å². The van der Waals surface area contributed by atoms with E-state index in [0.717, 1.165) is 5.92 Å². The molecule has 0 heterocycles. The molecule has 0 aliphatic heterocycles. The number of aryl methyl sites for hydroxylation is 1. The van der Waals surface area contributed by atoms with E-state index in [4.69, 9.17) is 0 Å². The van der Waals surface area contributed by atoms with Crippen molar-refractivity contribution >= 4 is 0 Å². The summed E-state index contributed by atoms with van der Waals surface area (Å²) in [5, 5.41) is 3.83. The van der Waals surface area contributed by atoms with Crippen molar-refractivity contribution in [2.24, 2.45) is 5.92 Å². The Morgan fingerprint density at radius 2 is 1.71 bits per heavy atom. The zero-order valence-corrected chi connectivity index (χ0v) is 14.2. The van der Waals surface area contributed by atoms with Gasteiger partial charge in [-0.25, -0.2) is 0 Å². The van der Waals surface area contributed by atoms with Gasteiger partial charge in [0.25, 0.3) is 0 Å². The maximum atomic E-state index is 3.83. The SMILES string of the molecule is CCCCc1ccc(C(C)N[C@@H](C)C2CCCCC2)cc1. The van der Waals surface area contributed by atoms with Gasteiger partial charge in [-0.2, -0.15) is 0 Å². The summed E-state index contributed by atoms with van der Waals surface area (Å²) in [5.74, 6) is 0.880. The molecule has 1 aromatic rings. The van der Waals surface area contributed by atoms with Crippen molar-refractivity contribution in [3.8, 4) is 0 Å². The first kappa shape index (κ1) is 16.5. The molecule has 0 radical (unpaired) electrons. The molecule has 1 unspecified atom stereocenters. The first-order valence-electron chi connectivity index (χ1n) is 9.05. The van der Waals surface area contributed by atoms with E-state index in [0.29, 0.717) is 12.1 Å². The Labute approximate surface area is 131 Å². The molecule has 118 valence electrons. The van der Waals surface area contributed by atoms with Gasteiger partial charge in [0.15, 0.2) is 0 Å². The molecule has 0 bridgehead atoms. The van der Waals surface area contributed by atoms with Crippen LogP contribution in [0.2, 0.25) is 0 Å². The summed E-state index contributed by atoms with van der Waals surface area (Å²) in [6, 6.07) is 10.4. The number of rotatable bonds is 7. The minimum absolute atomic E-state index is 0.460. The Morgan fingerprint density at radius 3 is 2.33 bits per heavy atom. The smallest absolute Gasteiger partial charge is 0.0294 e. The van der Waals surface area contributed by atoms with Crippen molar-refractivity contribution in [1.82, 2.24) is 5.32 Å². The molecular formula is C20H33N. The Morgan fingerprint density at radius 1 is 1.05 bits per heavy atom. The highest BCUT2D eigenvalue weighted by molar-refractivity contribution is 5.25. The van der Waals surface area contributed by atoms with Gasteiger partial charge in [0.1, 0.15) is 0 Å². The Hall–Kier alpha value is -0.820. The molecule has 2 rings (SSSR count). The molecule has 0 amide bonds. The van der Waals surface area contributed by atoms with Gasteiger partial charge in [-0.05, 0) is 56.6 Å². The molecule has 1 aliphatic carbocycles. The molecule has 1 aliphatic rings. The lowest BCUT2D eigenvalue weighted by molar-refractivity contribution is 0.268. The highest BCUT2D eigenvalue weighted by atomic mass is 14.9. The second-order valence-electron chi connectivity index (χ2n) is 6.92. The van der Waals surface area contributed by atoms with Gasteiger partial charge in [0.05, 0.1) is 0 Å². The van der Waals surface area contributed by atoms with Crippen molar-refractivity contribution in [2.75, 3.05) is 0 Å². The largest absolute Gasteiger partial charge is 0.307 e. The van der Waals surface area contributed by atoms with Crippen LogP contribution >= 0.6 is 0 Å². The summed E-state index contributed by atoms with van der Waals surface area (Å²) in [7, 11) is 0. The van der Waals surface area contributed by atoms with Gasteiger partial charge in [0, 0.05) is 12.1 Å². The third kappa shape index (κ3) is 5.14. The van der Waals surface area contributed by atoms with Gasteiger partial charge in [-0.1, -0.05) is 56.9 Å². The van der Waals surface area contributed by atoms with Gasteiger partial charge in [-0.15, -0.1) is 0 Å². The Balaban J connectivity index is 1.85. The number of nitrogens with one attached hydrogen (secondary N) is 1. The van der Waals surface area contributed by atoms with E-state index in [2.05, 4.69) is 50.4 Å². The van der Waals surface area contributed by atoms with E-state index in [1.165, 1.54) is 62.5 Å². The lowest BCUT2D eigenvalue weighted by atomic mass is 9.84. The van der Waals surface area contributed by atoms with Gasteiger partial charge >= 0.3 is 0 Å². The predicted molar refractivity (Wildman–Crippen MR) is 92.6 cm³/mol. The standard InChI is InChI=1S/C20H33N/c1-4-5-9-18-12-14-20(15-13-18)17(3)21-16(2)19-10-7-6-8-11-19/h12-17,19,21H,4-11H2,1-3H3/t16-,17?/m0/s1. The van der Waals surface area contributed by atoms with Gasteiger partial charge in [-0.3, -0.25) is 0 Å². The van der Waals surface area contributed by atoms with Crippen molar-refractivity contribution < 1.29 is 0 Å². The van der Waals surface area contributed by atoms with Crippen LogP contribution in [-0.2, 0) is 6.42 Å². The molecule has 1 nitrogen and oxygen atoms in total. The van der Waals surface area contributed by atoms with Crippen LogP contribution in [0.25, 0.3) is 0 Å². The third-order valence-corrected chi connectivity index (χ3v) is 5.17. The number of hydrogen-bond acceptors (Lipinski definition) is 1. The fraction of sp³-hybridized carbons (Fsp3) is 0.700. The zero-order chi connectivity index (χ0) is 15.1. The Kier molecular flexibility index (Phi) is 6.76. The summed E-state index contributed by atoms with van der Waals surface area (Å²) in [5.41, 5.74) is 2.91. The molecule has 1 saturated carbocycles. The average Bonchev–Trinajstić information content (AvgIpc) is 2.54. The van der Waals surface area contributed by atoms with Crippen LogP contribution < -0.4 is 5.32 Å². The summed E-state index contributed by atoms with van der Waals surface area (Å²) in [4.78, 5) is 0. The lowest BCUT2D eigenvalue weighted by Crippen LogP contribution is -2.36. The molecule has 0 spiro atoms. The summed E-state index contributed by atoms with van der Waals surface area (Å²) in [6.45, 7) is 6.94. The fourth-order valence-corrected chi connectivity index (χ4v) is 3.61. The molecule has 0 saturated heterocycles. The molecule has 1 N–H and O–H groups in total. The number of unbranched alkanes of at least 4 members (excludes halogenated alkanes) is 1. The van der Waals surface area contributed by atoms with E-state index < -0.39 is 0 Å². The predicted octanol–water partition coefficient (Wildman–Crippen LogP) is 5.65. The van der Waals surface area contributed by atoms with Crippen molar-refractivity contribution in [3.05, 3.63) is 35.4 Å². The monoisotopic (exact) mass is 287 g/mol. The minimum atomic E-state index is 0.460. The average molecular weight is 287 g/mol. The molecule has 1 aromatic carbocycles. The van der Waals surface area contributed by atoms with Crippen LogP contribution in [0.4, 0.5) is 0 Å². The molecular weight excluding hydrogens is 254 g/mol. The second kappa shape index (κ2) is 8.58. The molecule has 0 aromatic heterocycles. The fourth-order valence-electron chi connectivity index (χ4n) is 3.61. The second-order valence-corrected chi connectivity index (χ2v) is 6.92. The van der Waals surface area contributed by atoms with E-state index in [9.17, 15) is 0 Å². The third-order valence-electron chi connectivity index (χ3n) is 5.17. The van der Waals surface area contributed by atoms with Crippen molar-refractivity contribution in [2.45, 2.75) is 84.2 Å². The highest BCUT2D eigenvalue weighted by Gasteiger charge is 2.21. The molecule has 1 fully saturated rings. The van der Waals surface area contributed by atoms with E-state index in [1.54, 1.807) is 0 Å². The van der Waals surface area contributed by atoms with Crippen LogP contribution in [0, 0.1) is 5.92 Å². The van der Waals surface area contributed by atoms with Crippen LogP contribution in [-0.4, -0.2) is 6.04 Å². The highest BCUT2D eigenvalue weighted by Crippen LogP contribution is 2.27. The van der Waals surface area contributed by atoms with E-state index >= 15 is 0 Å². The van der Waals surface area contributed by atoms with Gasteiger partial charge < -0.3 is 5.32 Å². The summed E-state index contributed by atoms with van der Waals surface area (Å²) < 4.78 is 0. The normalized spacial score (nSPS) is 19.4. The molecule has 21 heavy (non-hydrogen) atoms. The first-order chi connectivity index (χ1) is 10.2. The zero-order valence-electron chi connectivity index (χ0n) is 14.2. The van der Waals surface area contributed by atoms with E-state index in [1.807, 2.05) is 0 Å². The first-order valence-corrected chi connectivity index (χ1v) is 9.05. The maximum Gasteiger partial charge on any atom is 0.0294 e. The quantitative estimate of drug-likeness (QED) is 0.683. The van der Waals surface area contributed by atoms with Crippen LogP contribution in [0.15, 0.2) is 24.3 Å². The minimum Gasteiger partial charge on any atom is -0.307 e. The lowest BCUT2D eigenvalue weighted by Gasteiger charge is -2.31.